The minimum atomic E-state index is -1.03. The Morgan fingerprint density at radius 3 is 1.50 bits per heavy atom. The molecule has 0 heterocycles. The molecule has 0 atom stereocenters. The Balaban J connectivity index is -0.000000980. The van der Waals surface area contributed by atoms with Crippen LogP contribution in [-0.2, 0) is 14.4 Å². The number of rotatable bonds is 8. The van der Waals surface area contributed by atoms with Crippen LogP contribution in [0, 0.1) is 5.92 Å². The van der Waals surface area contributed by atoms with E-state index in [1.165, 1.54) is 0 Å². The van der Waals surface area contributed by atoms with Crippen molar-refractivity contribution in [2.24, 2.45) is 5.92 Å². The Hall–Kier alpha value is -0.590. The zero-order valence-corrected chi connectivity index (χ0v) is 11.2. The van der Waals surface area contributed by atoms with Crippen molar-refractivity contribution in [3.8, 4) is 0 Å². The van der Waals surface area contributed by atoms with Gasteiger partial charge < -0.3 is 16.7 Å². The van der Waals surface area contributed by atoms with Gasteiger partial charge in [0.2, 0.25) is 0 Å². The number of hydrogen-bond donors (Lipinski definition) is 3. The topological polar surface area (TPSA) is 112 Å². The molecule has 0 aromatic carbocycles. The first-order valence-electron chi connectivity index (χ1n) is 4.57. The molecule has 0 amide bonds. The molecular formula is C9H15NaO6. The first-order chi connectivity index (χ1) is 6.91. The van der Waals surface area contributed by atoms with Crippen molar-refractivity contribution in [1.29, 1.82) is 0 Å². The van der Waals surface area contributed by atoms with Crippen LogP contribution in [0.15, 0.2) is 0 Å². The fourth-order valence-electron chi connectivity index (χ4n) is 1.25. The van der Waals surface area contributed by atoms with Gasteiger partial charge in [0, 0.05) is 19.3 Å². The molecule has 0 aliphatic heterocycles. The van der Waals surface area contributed by atoms with Gasteiger partial charge in [-0.3, -0.25) is 14.4 Å². The molecule has 0 saturated carbocycles. The summed E-state index contributed by atoms with van der Waals surface area (Å²) in [5.74, 6) is -3.41. The molecular weight excluding hydrogens is 227 g/mol. The molecule has 16 heavy (non-hydrogen) atoms. The van der Waals surface area contributed by atoms with Gasteiger partial charge in [-0.15, -0.1) is 0 Å². The minimum Gasteiger partial charge on any atom is -1.00 e. The van der Waals surface area contributed by atoms with E-state index < -0.39 is 17.9 Å². The zero-order valence-electron chi connectivity index (χ0n) is 10.2. The van der Waals surface area contributed by atoms with E-state index in [0.29, 0.717) is 0 Å². The van der Waals surface area contributed by atoms with Crippen LogP contribution >= 0.6 is 0 Å². The zero-order chi connectivity index (χ0) is 11.8. The molecule has 0 bridgehead atoms. The molecule has 88 valence electrons. The van der Waals surface area contributed by atoms with E-state index in [-0.39, 0.29) is 69.0 Å². The average Bonchev–Trinajstić information content (AvgIpc) is 2.08. The molecule has 0 aliphatic carbocycles. The molecule has 0 fully saturated rings. The summed E-state index contributed by atoms with van der Waals surface area (Å²) >= 11 is 0. The maximum atomic E-state index is 10.4. The Labute approximate surface area is 116 Å². The van der Waals surface area contributed by atoms with Crippen molar-refractivity contribution >= 4 is 17.9 Å². The normalized spacial score (nSPS) is 9.56. The molecule has 3 N–H and O–H groups in total. The van der Waals surface area contributed by atoms with Gasteiger partial charge in [0.25, 0.3) is 0 Å². The Bertz CT molecular complexity index is 240. The Morgan fingerprint density at radius 2 is 1.25 bits per heavy atom. The van der Waals surface area contributed by atoms with Crippen LogP contribution in [0.4, 0.5) is 0 Å². The number of carbonyl (C=O) groups is 3. The molecule has 0 aromatic rings. The molecule has 0 unspecified atom stereocenters. The first-order valence-corrected chi connectivity index (χ1v) is 4.57. The summed E-state index contributed by atoms with van der Waals surface area (Å²) in [6.45, 7) is 0. The summed E-state index contributed by atoms with van der Waals surface area (Å²) in [4.78, 5) is 30.9. The second-order valence-electron chi connectivity index (χ2n) is 3.33. The second kappa shape index (κ2) is 9.62. The maximum Gasteiger partial charge on any atom is 1.00 e. The molecule has 0 spiro atoms. The van der Waals surface area contributed by atoms with Crippen LogP contribution in [0.1, 0.15) is 33.5 Å². The molecule has 6 nitrogen and oxygen atoms in total. The smallest absolute Gasteiger partial charge is 1.00 e. The van der Waals surface area contributed by atoms with Crippen LogP contribution in [0.5, 0.6) is 0 Å². The first kappa shape index (κ1) is 17.8. The molecule has 0 radical (unpaired) electrons. The van der Waals surface area contributed by atoms with E-state index in [0.717, 1.165) is 0 Å². The number of carboxylic acids is 3. The van der Waals surface area contributed by atoms with Crippen LogP contribution in [0.2, 0.25) is 0 Å². The largest absolute Gasteiger partial charge is 1.00 e. The van der Waals surface area contributed by atoms with Gasteiger partial charge in [0.05, 0.1) is 0 Å². The van der Waals surface area contributed by atoms with Gasteiger partial charge >= 0.3 is 47.5 Å². The van der Waals surface area contributed by atoms with Crippen LogP contribution in [-0.4, -0.2) is 33.2 Å². The summed E-state index contributed by atoms with van der Waals surface area (Å²) in [6, 6.07) is 0. The molecule has 7 heteroatoms. The summed E-state index contributed by atoms with van der Waals surface area (Å²) in [5, 5.41) is 25.3. The molecule has 0 rings (SSSR count). The van der Waals surface area contributed by atoms with Crippen molar-refractivity contribution in [2.45, 2.75) is 32.1 Å². The van der Waals surface area contributed by atoms with Gasteiger partial charge in [-0.2, -0.15) is 0 Å². The Morgan fingerprint density at radius 1 is 0.875 bits per heavy atom. The third kappa shape index (κ3) is 11.5. The fourth-order valence-corrected chi connectivity index (χ4v) is 1.25. The summed E-state index contributed by atoms with van der Waals surface area (Å²) in [6.07, 6.45) is -0.0283. The van der Waals surface area contributed by atoms with Crippen LogP contribution in [0.25, 0.3) is 0 Å². The average molecular weight is 242 g/mol. The van der Waals surface area contributed by atoms with E-state index in [1.807, 2.05) is 0 Å². The van der Waals surface area contributed by atoms with E-state index in [9.17, 15) is 14.4 Å². The van der Waals surface area contributed by atoms with E-state index in [2.05, 4.69) is 0 Å². The second-order valence-corrected chi connectivity index (χ2v) is 3.33. The molecule has 0 aromatic heterocycles. The minimum absolute atomic E-state index is 0. The SMILES string of the molecule is O=C(O)CCC(CCC(=O)O)CC(=O)O.[H-].[Na+]. The maximum absolute atomic E-state index is 10.4. The monoisotopic (exact) mass is 242 g/mol. The van der Waals surface area contributed by atoms with Gasteiger partial charge in [-0.1, -0.05) is 0 Å². The van der Waals surface area contributed by atoms with Gasteiger partial charge in [0.15, 0.2) is 0 Å². The molecule has 0 aliphatic rings. The quantitative estimate of drug-likeness (QED) is 0.421. The third-order valence-electron chi connectivity index (χ3n) is 2.00. The third-order valence-corrected chi connectivity index (χ3v) is 2.00. The van der Waals surface area contributed by atoms with Crippen molar-refractivity contribution in [3.05, 3.63) is 0 Å². The van der Waals surface area contributed by atoms with Gasteiger partial charge in [-0.25, -0.2) is 0 Å². The number of carboxylic acid groups (broad SMARTS) is 3. The van der Waals surface area contributed by atoms with Crippen molar-refractivity contribution < 1.29 is 60.7 Å². The predicted octanol–water partition coefficient (Wildman–Crippen LogP) is -2.08. The van der Waals surface area contributed by atoms with Crippen molar-refractivity contribution in [1.82, 2.24) is 0 Å². The van der Waals surface area contributed by atoms with Crippen molar-refractivity contribution in [2.75, 3.05) is 0 Å². The van der Waals surface area contributed by atoms with E-state index >= 15 is 0 Å². The predicted molar refractivity (Wildman–Crippen MR) is 50.6 cm³/mol. The Kier molecular flexibility index (Phi) is 10.7. The summed E-state index contributed by atoms with van der Waals surface area (Å²) in [5.41, 5.74) is 0. The number of hydrogen-bond acceptors (Lipinski definition) is 3. The summed E-state index contributed by atoms with van der Waals surface area (Å²) in [7, 11) is 0. The van der Waals surface area contributed by atoms with Crippen LogP contribution < -0.4 is 29.6 Å². The molecule has 0 saturated heterocycles. The standard InChI is InChI=1S/C9H14O6.Na.H/c10-7(11)3-1-6(5-9(14)15)2-4-8(12)13;;/h6H,1-5H2,(H,10,11)(H,12,13)(H,14,15);;/q;+1;-1. The van der Waals surface area contributed by atoms with Gasteiger partial charge in [-0.05, 0) is 18.8 Å². The van der Waals surface area contributed by atoms with E-state index in [1.54, 1.807) is 0 Å². The van der Waals surface area contributed by atoms with Crippen LogP contribution in [0.3, 0.4) is 0 Å². The van der Waals surface area contributed by atoms with E-state index in [4.69, 9.17) is 15.3 Å². The van der Waals surface area contributed by atoms with Crippen molar-refractivity contribution in [3.63, 3.8) is 0 Å². The fraction of sp³-hybridized carbons (Fsp3) is 0.667. The van der Waals surface area contributed by atoms with Gasteiger partial charge in [0.1, 0.15) is 0 Å². The summed E-state index contributed by atoms with van der Waals surface area (Å²) < 4.78 is 0. The number of aliphatic carboxylic acids is 3.